The first-order valence-corrected chi connectivity index (χ1v) is 7.50. The number of alkyl halides is 1. The van der Waals surface area contributed by atoms with Gasteiger partial charge in [-0.2, -0.15) is 0 Å². The normalized spacial score (nSPS) is 18.6. The fraction of sp³-hybridized carbons (Fsp3) is 0.400. The van der Waals surface area contributed by atoms with Crippen molar-refractivity contribution in [1.29, 1.82) is 0 Å². The van der Waals surface area contributed by atoms with Crippen LogP contribution in [0.15, 0.2) is 36.4 Å². The van der Waals surface area contributed by atoms with Gasteiger partial charge in [0, 0.05) is 17.4 Å². The Morgan fingerprint density at radius 2 is 2.06 bits per heavy atom. The molecule has 1 aliphatic carbocycles. The van der Waals surface area contributed by atoms with E-state index in [1.54, 1.807) is 0 Å². The highest BCUT2D eigenvalue weighted by molar-refractivity contribution is 9.08. The summed E-state index contributed by atoms with van der Waals surface area (Å²) in [6.45, 7) is 0.781. The van der Waals surface area contributed by atoms with Gasteiger partial charge >= 0.3 is 0 Å². The predicted molar refractivity (Wildman–Crippen MR) is 77.9 cm³/mol. The summed E-state index contributed by atoms with van der Waals surface area (Å²) in [5.74, 6) is 0.631. The average molecular weight is 308 g/mol. The Bertz CT molecular complexity index is 425. The van der Waals surface area contributed by atoms with Crippen LogP contribution in [0.3, 0.4) is 0 Å². The molecular formula is C15H18BrNO. The van der Waals surface area contributed by atoms with E-state index in [-0.39, 0.29) is 5.91 Å². The fourth-order valence-electron chi connectivity index (χ4n) is 2.13. The number of benzene rings is 1. The summed E-state index contributed by atoms with van der Waals surface area (Å²) in [4.78, 5) is 11.9. The van der Waals surface area contributed by atoms with Crippen molar-refractivity contribution >= 4 is 21.8 Å². The molecule has 0 aromatic heterocycles. The van der Waals surface area contributed by atoms with Crippen molar-refractivity contribution in [3.8, 4) is 0 Å². The molecule has 1 unspecified atom stereocenters. The van der Waals surface area contributed by atoms with Crippen LogP contribution in [0.5, 0.6) is 0 Å². The van der Waals surface area contributed by atoms with Crippen LogP contribution in [-0.4, -0.2) is 12.5 Å². The van der Waals surface area contributed by atoms with Crippen LogP contribution in [-0.2, 0) is 5.33 Å². The molecule has 1 aromatic carbocycles. The molecule has 0 bridgehead atoms. The molecule has 0 saturated heterocycles. The van der Waals surface area contributed by atoms with Crippen molar-refractivity contribution in [3.63, 3.8) is 0 Å². The van der Waals surface area contributed by atoms with E-state index < -0.39 is 0 Å². The Hall–Kier alpha value is -1.09. The largest absolute Gasteiger partial charge is 0.352 e. The summed E-state index contributed by atoms with van der Waals surface area (Å²) in [6.07, 6.45) is 7.84. The van der Waals surface area contributed by atoms with Crippen LogP contribution in [0.4, 0.5) is 0 Å². The van der Waals surface area contributed by atoms with E-state index in [0.717, 1.165) is 30.3 Å². The van der Waals surface area contributed by atoms with E-state index in [1.165, 1.54) is 12.0 Å². The molecule has 18 heavy (non-hydrogen) atoms. The smallest absolute Gasteiger partial charge is 0.251 e. The van der Waals surface area contributed by atoms with Crippen LogP contribution in [0, 0.1) is 5.92 Å². The van der Waals surface area contributed by atoms with E-state index in [0.29, 0.717) is 5.92 Å². The lowest BCUT2D eigenvalue weighted by Crippen LogP contribution is -2.29. The van der Waals surface area contributed by atoms with Gasteiger partial charge in [-0.3, -0.25) is 4.79 Å². The van der Waals surface area contributed by atoms with Crippen LogP contribution in [0.25, 0.3) is 0 Å². The number of allylic oxidation sites excluding steroid dienone is 2. The van der Waals surface area contributed by atoms with E-state index in [1.807, 2.05) is 24.3 Å². The molecule has 1 N–H and O–H groups in total. The second-order valence-electron chi connectivity index (χ2n) is 4.69. The van der Waals surface area contributed by atoms with Crippen molar-refractivity contribution in [2.45, 2.75) is 24.6 Å². The Labute approximate surface area is 117 Å². The van der Waals surface area contributed by atoms with Crippen molar-refractivity contribution in [3.05, 3.63) is 47.5 Å². The van der Waals surface area contributed by atoms with Gasteiger partial charge in [0.05, 0.1) is 0 Å². The molecule has 0 spiro atoms. The molecule has 1 aliphatic rings. The van der Waals surface area contributed by atoms with Crippen molar-refractivity contribution in [2.75, 3.05) is 6.54 Å². The third-order valence-corrected chi connectivity index (χ3v) is 3.95. The van der Waals surface area contributed by atoms with Gasteiger partial charge in [0.2, 0.25) is 0 Å². The number of halogens is 1. The maximum atomic E-state index is 11.9. The number of nitrogens with one attached hydrogen (secondary N) is 1. The minimum Gasteiger partial charge on any atom is -0.352 e. The lowest BCUT2D eigenvalue weighted by atomic mass is 9.94. The molecule has 1 aromatic rings. The first-order valence-electron chi connectivity index (χ1n) is 6.37. The van der Waals surface area contributed by atoms with Crippen LogP contribution in [0.1, 0.15) is 35.2 Å². The summed E-state index contributed by atoms with van der Waals surface area (Å²) in [6, 6.07) is 7.72. The monoisotopic (exact) mass is 307 g/mol. The number of hydrogen-bond acceptors (Lipinski definition) is 1. The highest BCUT2D eigenvalue weighted by Crippen LogP contribution is 2.17. The molecule has 2 rings (SSSR count). The molecule has 0 fully saturated rings. The van der Waals surface area contributed by atoms with Gasteiger partial charge in [-0.1, -0.05) is 40.2 Å². The second-order valence-corrected chi connectivity index (χ2v) is 5.25. The zero-order chi connectivity index (χ0) is 12.8. The molecule has 0 aliphatic heterocycles. The molecule has 0 saturated carbocycles. The molecule has 1 amide bonds. The van der Waals surface area contributed by atoms with Gasteiger partial charge in [-0.05, 0) is 42.9 Å². The zero-order valence-corrected chi connectivity index (χ0v) is 11.9. The van der Waals surface area contributed by atoms with Gasteiger partial charge in [-0.25, -0.2) is 0 Å². The molecule has 96 valence electrons. The number of carbonyl (C=O) groups is 1. The van der Waals surface area contributed by atoms with Crippen molar-refractivity contribution < 1.29 is 4.79 Å². The van der Waals surface area contributed by atoms with Crippen LogP contribution in [0.2, 0.25) is 0 Å². The van der Waals surface area contributed by atoms with E-state index >= 15 is 0 Å². The average Bonchev–Trinajstić information content (AvgIpc) is 2.46. The lowest BCUT2D eigenvalue weighted by Gasteiger charge is -2.18. The fourth-order valence-corrected chi connectivity index (χ4v) is 2.50. The molecule has 0 radical (unpaired) electrons. The summed E-state index contributed by atoms with van der Waals surface area (Å²) in [5.41, 5.74) is 1.93. The molecule has 3 heteroatoms. The summed E-state index contributed by atoms with van der Waals surface area (Å²) < 4.78 is 0. The Balaban J connectivity index is 1.84. The van der Waals surface area contributed by atoms with Gasteiger partial charge < -0.3 is 5.32 Å². The van der Waals surface area contributed by atoms with E-state index in [9.17, 15) is 4.79 Å². The first-order chi connectivity index (χ1) is 8.79. The van der Waals surface area contributed by atoms with Crippen LogP contribution < -0.4 is 5.32 Å². The van der Waals surface area contributed by atoms with Crippen LogP contribution >= 0.6 is 15.9 Å². The highest BCUT2D eigenvalue weighted by Gasteiger charge is 2.12. The maximum Gasteiger partial charge on any atom is 0.251 e. The third kappa shape index (κ3) is 3.70. The number of carbonyl (C=O) groups excluding carboxylic acids is 1. The SMILES string of the molecule is O=C(NCC1CC=CCC1)c1ccc(CBr)cc1. The van der Waals surface area contributed by atoms with E-state index in [4.69, 9.17) is 0 Å². The van der Waals surface area contributed by atoms with Gasteiger partial charge in [0.25, 0.3) is 5.91 Å². The van der Waals surface area contributed by atoms with Gasteiger partial charge in [-0.15, -0.1) is 0 Å². The quantitative estimate of drug-likeness (QED) is 0.667. The highest BCUT2D eigenvalue weighted by atomic mass is 79.9. The number of amides is 1. The second kappa shape index (κ2) is 6.74. The summed E-state index contributed by atoms with van der Waals surface area (Å²) in [5, 5.41) is 3.84. The lowest BCUT2D eigenvalue weighted by molar-refractivity contribution is 0.0946. The topological polar surface area (TPSA) is 29.1 Å². The standard InChI is InChI=1S/C15H18BrNO/c16-10-12-6-8-14(9-7-12)15(18)17-11-13-4-2-1-3-5-13/h1-2,6-9,13H,3-5,10-11H2,(H,17,18). The minimum absolute atomic E-state index is 0.0330. The number of rotatable bonds is 4. The molecule has 2 nitrogen and oxygen atoms in total. The number of hydrogen-bond donors (Lipinski definition) is 1. The Morgan fingerprint density at radius 1 is 1.28 bits per heavy atom. The predicted octanol–water partition coefficient (Wildman–Crippen LogP) is 3.67. The van der Waals surface area contributed by atoms with Crippen molar-refractivity contribution in [2.24, 2.45) is 5.92 Å². The van der Waals surface area contributed by atoms with Crippen molar-refractivity contribution in [1.82, 2.24) is 5.32 Å². The molecular weight excluding hydrogens is 290 g/mol. The Morgan fingerprint density at radius 3 is 2.67 bits per heavy atom. The first kappa shape index (κ1) is 13.3. The zero-order valence-electron chi connectivity index (χ0n) is 10.4. The summed E-state index contributed by atoms with van der Waals surface area (Å²) in [7, 11) is 0. The maximum absolute atomic E-state index is 11.9. The molecule has 0 heterocycles. The third-order valence-electron chi connectivity index (χ3n) is 3.30. The molecule has 1 atom stereocenters. The summed E-state index contributed by atoms with van der Waals surface area (Å²) >= 11 is 3.39. The van der Waals surface area contributed by atoms with Gasteiger partial charge in [0.15, 0.2) is 0 Å². The van der Waals surface area contributed by atoms with Gasteiger partial charge in [0.1, 0.15) is 0 Å². The Kier molecular flexibility index (Phi) is 5.00. The minimum atomic E-state index is 0.0330. The van der Waals surface area contributed by atoms with E-state index in [2.05, 4.69) is 33.4 Å².